The number of phosphoric acid groups is 1. The molecular weight excluding hydrogens is 717 g/mol. The van der Waals surface area contributed by atoms with Crippen LogP contribution in [-0.2, 0) is 37.5 Å². The Bertz CT molecular complexity index is 1100. The number of ether oxygens (including phenoxy) is 2. The second-order valence-electron chi connectivity index (χ2n) is 15.7. The second-order valence-corrected chi connectivity index (χ2v) is 17.1. The predicted octanol–water partition coefficient (Wildman–Crippen LogP) is 10.7. The van der Waals surface area contributed by atoms with Crippen molar-refractivity contribution < 1.29 is 46.8 Å². The standard InChI is InChI=1S/C44H80NO9P/c1-6-8-10-12-14-15-16-17-18-19-20-21-23-27-32-36-44(48)54-42(40-53-55(49,50)52-38-37-45(3,4)5)39-51-43(47)35-31-28-24-26-30-34-41(46)33-29-25-22-13-11-9-7-2/h15-16,22,25,29,33,42H,6-14,17-21,23-24,26-28,30-32,34-40H2,1-5H3/b16-15-,25-22-,33-29+/t42-/m1/s1. The Balaban J connectivity index is 4.46. The molecule has 0 aliphatic rings. The van der Waals surface area contributed by atoms with Crippen LogP contribution >= 0.6 is 7.82 Å². The van der Waals surface area contributed by atoms with Crippen LogP contribution in [-0.4, -0.2) is 75.8 Å². The summed E-state index contributed by atoms with van der Waals surface area (Å²) in [6.45, 7) is 4.01. The summed E-state index contributed by atoms with van der Waals surface area (Å²) in [6.07, 6.45) is 35.6. The highest BCUT2D eigenvalue weighted by Gasteiger charge is 2.21. The Kier molecular flexibility index (Phi) is 34.9. The molecule has 320 valence electrons. The number of carbonyl (C=O) groups excluding carboxylic acids is 3. The zero-order valence-electron chi connectivity index (χ0n) is 35.6. The minimum absolute atomic E-state index is 0.0514. The number of quaternary nitrogens is 1. The predicted molar refractivity (Wildman–Crippen MR) is 222 cm³/mol. The number of likely N-dealkylation sites (N-methyl/N-ethyl adjacent to an activating group) is 1. The summed E-state index contributed by atoms with van der Waals surface area (Å²) >= 11 is 0. The van der Waals surface area contributed by atoms with E-state index in [9.17, 15) is 23.8 Å². The number of phosphoric ester groups is 1. The Morgan fingerprint density at radius 3 is 1.69 bits per heavy atom. The van der Waals surface area contributed by atoms with E-state index in [1.165, 1.54) is 70.6 Å². The SMILES string of the molecule is CCCCC/C=C\C=C\C(=O)CCCCCCCC(=O)OC[C@H](COP(=O)([O-])OCC[N+](C)(C)C)OC(=O)CCCCCCCCC/C=C\CCCCCC. The van der Waals surface area contributed by atoms with Crippen LogP contribution < -0.4 is 4.89 Å². The van der Waals surface area contributed by atoms with E-state index in [0.29, 0.717) is 30.3 Å². The van der Waals surface area contributed by atoms with Crippen molar-refractivity contribution >= 4 is 25.5 Å². The van der Waals surface area contributed by atoms with Gasteiger partial charge in [0.05, 0.1) is 27.7 Å². The average molecular weight is 798 g/mol. The lowest BCUT2D eigenvalue weighted by atomic mass is 10.1. The maximum Gasteiger partial charge on any atom is 0.306 e. The molecule has 0 heterocycles. The van der Waals surface area contributed by atoms with Gasteiger partial charge in [0.15, 0.2) is 11.9 Å². The maximum absolute atomic E-state index is 12.7. The monoisotopic (exact) mass is 798 g/mol. The van der Waals surface area contributed by atoms with E-state index < -0.39 is 32.5 Å². The lowest BCUT2D eigenvalue weighted by Crippen LogP contribution is -2.37. The number of hydrogen-bond donors (Lipinski definition) is 0. The van der Waals surface area contributed by atoms with Gasteiger partial charge in [0.2, 0.25) is 0 Å². The molecule has 0 aliphatic heterocycles. The summed E-state index contributed by atoms with van der Waals surface area (Å²) in [7, 11) is 1.09. The fourth-order valence-electron chi connectivity index (χ4n) is 5.63. The van der Waals surface area contributed by atoms with Crippen molar-refractivity contribution in [1.82, 2.24) is 0 Å². The molecular formula is C44H80NO9P. The van der Waals surface area contributed by atoms with Gasteiger partial charge in [-0.2, -0.15) is 0 Å². The molecule has 1 unspecified atom stereocenters. The van der Waals surface area contributed by atoms with Gasteiger partial charge in [-0.15, -0.1) is 0 Å². The molecule has 0 aliphatic carbocycles. The largest absolute Gasteiger partial charge is 0.756 e. The van der Waals surface area contributed by atoms with Gasteiger partial charge in [-0.3, -0.25) is 18.9 Å². The topological polar surface area (TPSA) is 128 Å². The number of hydrogen-bond acceptors (Lipinski definition) is 9. The Morgan fingerprint density at radius 2 is 1.09 bits per heavy atom. The Morgan fingerprint density at radius 1 is 0.600 bits per heavy atom. The van der Waals surface area contributed by atoms with E-state index in [2.05, 4.69) is 32.1 Å². The van der Waals surface area contributed by atoms with E-state index in [-0.39, 0.29) is 31.8 Å². The van der Waals surface area contributed by atoms with Crippen LogP contribution in [0, 0.1) is 0 Å². The molecule has 0 fully saturated rings. The number of allylic oxidation sites excluding steroid dienone is 6. The van der Waals surface area contributed by atoms with E-state index in [4.69, 9.17) is 18.5 Å². The molecule has 0 N–H and O–H groups in total. The van der Waals surface area contributed by atoms with Crippen molar-refractivity contribution in [3.63, 3.8) is 0 Å². The molecule has 0 saturated heterocycles. The molecule has 0 radical (unpaired) electrons. The van der Waals surface area contributed by atoms with Crippen molar-refractivity contribution in [2.75, 3.05) is 47.5 Å². The summed E-state index contributed by atoms with van der Waals surface area (Å²) in [4.78, 5) is 49.5. The Labute approximate surface area is 336 Å². The molecule has 0 amide bonds. The highest BCUT2D eigenvalue weighted by molar-refractivity contribution is 7.45. The van der Waals surface area contributed by atoms with Crippen LogP contribution in [0.25, 0.3) is 0 Å². The van der Waals surface area contributed by atoms with Crippen LogP contribution in [0.5, 0.6) is 0 Å². The smallest absolute Gasteiger partial charge is 0.306 e. The van der Waals surface area contributed by atoms with Gasteiger partial charge in [0.25, 0.3) is 7.82 Å². The molecule has 0 saturated carbocycles. The van der Waals surface area contributed by atoms with Crippen LogP contribution in [0.15, 0.2) is 36.5 Å². The number of unbranched alkanes of at least 4 members (excludes halogenated alkanes) is 18. The van der Waals surface area contributed by atoms with Gasteiger partial charge in [0, 0.05) is 19.3 Å². The normalized spacial score (nSPS) is 13.9. The third-order valence-electron chi connectivity index (χ3n) is 9.11. The van der Waals surface area contributed by atoms with Crippen molar-refractivity contribution in [1.29, 1.82) is 0 Å². The molecule has 10 nitrogen and oxygen atoms in total. The first-order chi connectivity index (χ1) is 26.4. The zero-order valence-corrected chi connectivity index (χ0v) is 36.5. The summed E-state index contributed by atoms with van der Waals surface area (Å²) in [6, 6.07) is 0. The lowest BCUT2D eigenvalue weighted by Gasteiger charge is -2.28. The van der Waals surface area contributed by atoms with E-state index in [0.717, 1.165) is 57.8 Å². The summed E-state index contributed by atoms with van der Waals surface area (Å²) < 4.78 is 33.8. The first-order valence-electron chi connectivity index (χ1n) is 21.6. The molecule has 0 aromatic heterocycles. The fourth-order valence-corrected chi connectivity index (χ4v) is 6.36. The highest BCUT2D eigenvalue weighted by Crippen LogP contribution is 2.38. The third-order valence-corrected chi connectivity index (χ3v) is 10.1. The number of esters is 2. The second kappa shape index (κ2) is 36.3. The molecule has 11 heteroatoms. The quantitative estimate of drug-likeness (QED) is 0.0113. The first kappa shape index (κ1) is 52.9. The third kappa shape index (κ3) is 39.9. The maximum atomic E-state index is 12.7. The van der Waals surface area contributed by atoms with Gasteiger partial charge in [-0.1, -0.05) is 128 Å². The van der Waals surface area contributed by atoms with Crippen LogP contribution in [0.1, 0.15) is 174 Å². The van der Waals surface area contributed by atoms with Crippen molar-refractivity contribution in [2.45, 2.75) is 180 Å². The van der Waals surface area contributed by atoms with Crippen molar-refractivity contribution in [2.24, 2.45) is 0 Å². The lowest BCUT2D eigenvalue weighted by molar-refractivity contribution is -0.870. The Hall–Kier alpha value is -2.10. The average Bonchev–Trinajstić information content (AvgIpc) is 3.12. The molecule has 0 spiro atoms. The number of rotatable bonds is 39. The molecule has 0 rings (SSSR count). The van der Waals surface area contributed by atoms with Gasteiger partial charge in [-0.25, -0.2) is 0 Å². The summed E-state index contributed by atoms with van der Waals surface area (Å²) in [5.74, 6) is -0.809. The minimum Gasteiger partial charge on any atom is -0.756 e. The van der Waals surface area contributed by atoms with Gasteiger partial charge in [0.1, 0.15) is 19.8 Å². The molecule has 0 aromatic carbocycles. The van der Waals surface area contributed by atoms with E-state index in [1.54, 1.807) is 6.08 Å². The zero-order chi connectivity index (χ0) is 40.9. The summed E-state index contributed by atoms with van der Waals surface area (Å²) in [5.41, 5.74) is 0. The number of carbonyl (C=O) groups is 3. The molecule has 0 bridgehead atoms. The van der Waals surface area contributed by atoms with Crippen molar-refractivity contribution in [3.05, 3.63) is 36.5 Å². The van der Waals surface area contributed by atoms with Crippen LogP contribution in [0.3, 0.4) is 0 Å². The van der Waals surface area contributed by atoms with Crippen LogP contribution in [0.4, 0.5) is 0 Å². The first-order valence-corrected chi connectivity index (χ1v) is 23.1. The van der Waals surface area contributed by atoms with E-state index >= 15 is 0 Å². The molecule has 55 heavy (non-hydrogen) atoms. The van der Waals surface area contributed by atoms with Crippen LogP contribution in [0.2, 0.25) is 0 Å². The van der Waals surface area contributed by atoms with E-state index in [1.807, 2.05) is 33.3 Å². The minimum atomic E-state index is -4.65. The van der Waals surface area contributed by atoms with Gasteiger partial charge < -0.3 is 27.9 Å². The number of ketones is 1. The fraction of sp³-hybridized carbons (Fsp3) is 0.795. The number of nitrogens with zero attached hydrogens (tertiary/aromatic N) is 1. The molecule has 2 atom stereocenters. The van der Waals surface area contributed by atoms with Gasteiger partial charge in [-0.05, 0) is 63.9 Å². The van der Waals surface area contributed by atoms with Gasteiger partial charge >= 0.3 is 11.9 Å². The summed E-state index contributed by atoms with van der Waals surface area (Å²) in [5, 5.41) is 0. The van der Waals surface area contributed by atoms with Crippen molar-refractivity contribution in [3.8, 4) is 0 Å². The highest BCUT2D eigenvalue weighted by atomic mass is 31.2. The molecule has 0 aromatic rings.